The molecular formula is C26H21ClFN9O3. The van der Waals surface area contributed by atoms with Crippen molar-refractivity contribution < 1.29 is 18.6 Å². The second-order valence-electron chi connectivity index (χ2n) is 9.59. The summed E-state index contributed by atoms with van der Waals surface area (Å²) in [7, 11) is 0. The summed E-state index contributed by atoms with van der Waals surface area (Å²) in [5.41, 5.74) is 7.99. The molecule has 0 spiro atoms. The quantitative estimate of drug-likeness (QED) is 0.225. The summed E-state index contributed by atoms with van der Waals surface area (Å²) >= 11 is 6.07. The number of hydrogen-bond donors (Lipinski definition) is 1. The normalized spacial score (nSPS) is 17.1. The number of halogens is 2. The standard InChI is InChI=1S/C26H21ClFN9O3/c27-20-2-4-22(36-14-30-32-33-36)24(25(20)28)16-1-3-21(37(40)13-16)23(10-17-9-19(17)26(29)38)35-12-18(11-31-35)15-5-7-34(39)8-6-15/h1-8,11-14,17,19,23H,9-10H2,(H2,29,38)/t17-,19+,23?/m0/s1. The van der Waals surface area contributed by atoms with Crippen LogP contribution < -0.4 is 15.2 Å². The maximum atomic E-state index is 15.3. The van der Waals surface area contributed by atoms with E-state index >= 15 is 4.39 Å². The fourth-order valence-electron chi connectivity index (χ4n) is 4.95. The van der Waals surface area contributed by atoms with Crippen LogP contribution in [0.25, 0.3) is 27.9 Å². The van der Waals surface area contributed by atoms with E-state index in [1.807, 2.05) is 0 Å². The second kappa shape index (κ2) is 10.0. The van der Waals surface area contributed by atoms with Gasteiger partial charge in [-0.15, -0.1) is 5.10 Å². The number of rotatable bonds is 8. The molecule has 1 amide bonds. The van der Waals surface area contributed by atoms with Crippen molar-refractivity contribution in [3.63, 3.8) is 0 Å². The van der Waals surface area contributed by atoms with Crippen LogP contribution in [0.4, 0.5) is 4.39 Å². The van der Waals surface area contributed by atoms with Gasteiger partial charge in [-0.1, -0.05) is 11.6 Å². The minimum Gasteiger partial charge on any atom is -0.619 e. The molecule has 1 aromatic carbocycles. The number of primary amides is 1. The van der Waals surface area contributed by atoms with Crippen molar-refractivity contribution in [3.8, 4) is 27.9 Å². The maximum absolute atomic E-state index is 15.3. The van der Waals surface area contributed by atoms with E-state index in [9.17, 15) is 15.2 Å². The van der Waals surface area contributed by atoms with Crippen LogP contribution in [-0.4, -0.2) is 35.9 Å². The van der Waals surface area contributed by atoms with Gasteiger partial charge in [0.25, 0.3) is 0 Å². The molecule has 12 nitrogen and oxygen atoms in total. The van der Waals surface area contributed by atoms with Crippen LogP contribution in [0.5, 0.6) is 0 Å². The molecule has 1 aliphatic carbocycles. The van der Waals surface area contributed by atoms with E-state index in [1.54, 1.807) is 47.4 Å². The molecule has 1 saturated carbocycles. The molecule has 3 atom stereocenters. The molecule has 1 aliphatic rings. The Balaban J connectivity index is 1.40. The summed E-state index contributed by atoms with van der Waals surface area (Å²) in [5.74, 6) is -1.38. The number of carbonyl (C=O) groups is 1. The molecule has 1 fully saturated rings. The second-order valence-corrected chi connectivity index (χ2v) is 10.00. The van der Waals surface area contributed by atoms with Crippen LogP contribution in [-0.2, 0) is 4.79 Å². The van der Waals surface area contributed by atoms with E-state index in [2.05, 4.69) is 20.6 Å². The number of nitrogens with zero attached hydrogens (tertiary/aromatic N) is 8. The number of benzene rings is 1. The first-order valence-corrected chi connectivity index (χ1v) is 12.7. The number of aromatic nitrogens is 8. The molecule has 0 bridgehead atoms. The first-order chi connectivity index (χ1) is 19.3. The van der Waals surface area contributed by atoms with E-state index < -0.39 is 11.9 Å². The molecule has 202 valence electrons. The molecule has 1 unspecified atom stereocenters. The smallest absolute Gasteiger partial charge is 0.220 e. The third kappa shape index (κ3) is 4.71. The Bertz CT molecular complexity index is 1710. The molecule has 40 heavy (non-hydrogen) atoms. The van der Waals surface area contributed by atoms with Gasteiger partial charge in [-0.2, -0.15) is 19.2 Å². The highest BCUT2D eigenvalue weighted by molar-refractivity contribution is 6.31. The van der Waals surface area contributed by atoms with E-state index in [-0.39, 0.29) is 33.9 Å². The lowest BCUT2D eigenvalue weighted by Gasteiger charge is -2.18. The Morgan fingerprint density at radius 2 is 1.95 bits per heavy atom. The van der Waals surface area contributed by atoms with Gasteiger partial charge in [0.2, 0.25) is 11.6 Å². The van der Waals surface area contributed by atoms with Crippen LogP contribution in [0.3, 0.4) is 0 Å². The molecular weight excluding hydrogens is 541 g/mol. The fourth-order valence-corrected chi connectivity index (χ4v) is 5.10. The highest BCUT2D eigenvalue weighted by atomic mass is 35.5. The Hall–Kier alpha value is -4.91. The third-order valence-electron chi connectivity index (χ3n) is 7.11. The van der Waals surface area contributed by atoms with Gasteiger partial charge in [0.15, 0.2) is 24.4 Å². The molecule has 4 aromatic heterocycles. The summed E-state index contributed by atoms with van der Waals surface area (Å²) in [6.07, 6.45) is 9.82. The molecule has 0 radical (unpaired) electrons. The lowest BCUT2D eigenvalue weighted by molar-refractivity contribution is -0.615. The van der Waals surface area contributed by atoms with Crippen LogP contribution in [0.2, 0.25) is 5.02 Å². The van der Waals surface area contributed by atoms with Crippen molar-refractivity contribution in [2.75, 3.05) is 0 Å². The average Bonchev–Trinajstić information content (AvgIpc) is 3.28. The first-order valence-electron chi connectivity index (χ1n) is 12.3. The van der Waals surface area contributed by atoms with Crippen molar-refractivity contribution in [2.45, 2.75) is 18.9 Å². The van der Waals surface area contributed by atoms with Crippen LogP contribution in [0.1, 0.15) is 24.6 Å². The van der Waals surface area contributed by atoms with Crippen LogP contribution in [0.15, 0.2) is 73.7 Å². The number of hydrogen-bond acceptors (Lipinski definition) is 7. The monoisotopic (exact) mass is 561 g/mol. The van der Waals surface area contributed by atoms with E-state index in [1.165, 1.54) is 35.7 Å². The summed E-state index contributed by atoms with van der Waals surface area (Å²) < 4.78 is 19.6. The van der Waals surface area contributed by atoms with E-state index in [0.29, 0.717) is 33.7 Å². The van der Waals surface area contributed by atoms with Gasteiger partial charge in [-0.3, -0.25) is 9.48 Å². The maximum Gasteiger partial charge on any atom is 0.220 e. The summed E-state index contributed by atoms with van der Waals surface area (Å²) in [6.45, 7) is 0. The topological polar surface area (TPSA) is 158 Å². The number of nitrogens with two attached hydrogens (primary N) is 1. The molecule has 5 aromatic rings. The molecule has 14 heteroatoms. The summed E-state index contributed by atoms with van der Waals surface area (Å²) in [5, 5.41) is 40.4. The highest BCUT2D eigenvalue weighted by Gasteiger charge is 2.44. The fraction of sp³-hybridized carbons (Fsp3) is 0.192. The van der Waals surface area contributed by atoms with Crippen LogP contribution >= 0.6 is 11.6 Å². The Labute approximate surface area is 231 Å². The first kappa shape index (κ1) is 25.4. The lowest BCUT2D eigenvalue weighted by atomic mass is 10.0. The Kier molecular flexibility index (Phi) is 6.34. The Morgan fingerprint density at radius 1 is 1.15 bits per heavy atom. The predicted molar refractivity (Wildman–Crippen MR) is 139 cm³/mol. The zero-order valence-electron chi connectivity index (χ0n) is 20.7. The van der Waals surface area contributed by atoms with E-state index in [0.717, 1.165) is 11.1 Å². The number of tetrazole rings is 1. The SMILES string of the molecule is NC(=O)[C@@H]1C[C@H]1CC(c1ccc(-c2c(-n3cnnn3)ccc(Cl)c2F)c[n+]1[O-])n1cc(-c2cc[n+]([O-])cc2)cn1. The van der Waals surface area contributed by atoms with Crippen molar-refractivity contribution in [1.82, 2.24) is 30.0 Å². The van der Waals surface area contributed by atoms with Crippen molar-refractivity contribution >= 4 is 17.5 Å². The number of amides is 1. The minimum absolute atomic E-state index is 0.0113. The van der Waals surface area contributed by atoms with Gasteiger partial charge in [-0.05, 0) is 52.9 Å². The van der Waals surface area contributed by atoms with Gasteiger partial charge in [0, 0.05) is 35.9 Å². The van der Waals surface area contributed by atoms with Gasteiger partial charge in [0.05, 0.1) is 28.0 Å². The molecule has 6 rings (SSSR count). The van der Waals surface area contributed by atoms with Crippen LogP contribution in [0, 0.1) is 28.1 Å². The molecule has 0 saturated heterocycles. The summed E-state index contributed by atoms with van der Waals surface area (Å²) in [4.78, 5) is 11.7. The lowest BCUT2D eigenvalue weighted by Crippen LogP contribution is -2.36. The predicted octanol–water partition coefficient (Wildman–Crippen LogP) is 2.35. The number of pyridine rings is 2. The largest absolute Gasteiger partial charge is 0.619 e. The zero-order chi connectivity index (χ0) is 28.0. The molecule has 0 aliphatic heterocycles. The summed E-state index contributed by atoms with van der Waals surface area (Å²) in [6, 6.07) is 8.94. The van der Waals surface area contributed by atoms with Gasteiger partial charge in [-0.25, -0.2) is 4.39 Å². The van der Waals surface area contributed by atoms with E-state index in [4.69, 9.17) is 17.3 Å². The third-order valence-corrected chi connectivity index (χ3v) is 7.41. The van der Waals surface area contributed by atoms with Crippen molar-refractivity contribution in [1.29, 1.82) is 0 Å². The average molecular weight is 562 g/mol. The van der Waals surface area contributed by atoms with Gasteiger partial charge >= 0.3 is 0 Å². The minimum atomic E-state index is -0.722. The number of carbonyl (C=O) groups excluding carboxylic acids is 1. The molecule has 4 heterocycles. The van der Waals surface area contributed by atoms with Crippen molar-refractivity contribution in [3.05, 3.63) is 101 Å². The van der Waals surface area contributed by atoms with Crippen molar-refractivity contribution in [2.24, 2.45) is 17.6 Å². The Morgan fingerprint density at radius 3 is 2.62 bits per heavy atom. The van der Waals surface area contributed by atoms with Gasteiger partial charge < -0.3 is 16.1 Å². The molecule has 2 N–H and O–H groups in total. The van der Waals surface area contributed by atoms with Gasteiger partial charge in [0.1, 0.15) is 12.4 Å². The highest BCUT2D eigenvalue weighted by Crippen LogP contribution is 2.45. The zero-order valence-corrected chi connectivity index (χ0v) is 21.5.